The molecule has 1 fully saturated rings. The van der Waals surface area contributed by atoms with E-state index in [0.29, 0.717) is 6.04 Å². The van der Waals surface area contributed by atoms with Crippen molar-refractivity contribution in [2.75, 3.05) is 6.54 Å². The number of carboxylic acids is 1. The van der Waals surface area contributed by atoms with Crippen molar-refractivity contribution in [3.8, 4) is 0 Å². The van der Waals surface area contributed by atoms with E-state index in [1.807, 2.05) is 12.1 Å². The molecule has 0 bridgehead atoms. The summed E-state index contributed by atoms with van der Waals surface area (Å²) in [5, 5.41) is 8.70. The highest BCUT2D eigenvalue weighted by Crippen LogP contribution is 2.24. The summed E-state index contributed by atoms with van der Waals surface area (Å²) in [6, 6.07) is 8.88. The first kappa shape index (κ1) is 15.8. The number of carboxylic acid groups (broad SMARTS) is 1. The van der Waals surface area contributed by atoms with Gasteiger partial charge in [-0.1, -0.05) is 50.5 Å². The first-order valence-electron chi connectivity index (χ1n) is 7.93. The third-order valence-corrected chi connectivity index (χ3v) is 4.25. The van der Waals surface area contributed by atoms with Gasteiger partial charge in [0.25, 0.3) is 0 Å². The first-order valence-corrected chi connectivity index (χ1v) is 7.93. The third-order valence-electron chi connectivity index (χ3n) is 4.25. The Bertz CT molecular complexity index is 490. The molecule has 114 valence electrons. The molecule has 21 heavy (non-hydrogen) atoms. The topological polar surface area (TPSA) is 40.5 Å². The number of rotatable bonds is 6. The molecule has 1 aliphatic carbocycles. The molecule has 1 aromatic rings. The highest BCUT2D eigenvalue weighted by Gasteiger charge is 2.19. The lowest BCUT2D eigenvalue weighted by Crippen LogP contribution is -2.36. The summed E-state index contributed by atoms with van der Waals surface area (Å²) in [6.07, 6.45) is 9.55. The first-order chi connectivity index (χ1) is 10.2. The second-order valence-electron chi connectivity index (χ2n) is 5.77. The zero-order valence-corrected chi connectivity index (χ0v) is 12.8. The van der Waals surface area contributed by atoms with Crippen molar-refractivity contribution in [3.05, 3.63) is 41.5 Å². The van der Waals surface area contributed by atoms with Crippen LogP contribution in [0.3, 0.4) is 0 Å². The predicted molar refractivity (Wildman–Crippen MR) is 86.1 cm³/mol. The Hall–Kier alpha value is -1.61. The van der Waals surface area contributed by atoms with Crippen LogP contribution in [-0.4, -0.2) is 28.6 Å². The summed E-state index contributed by atoms with van der Waals surface area (Å²) in [5.74, 6) is -0.905. The van der Waals surface area contributed by atoms with Gasteiger partial charge < -0.3 is 5.11 Å². The van der Waals surface area contributed by atoms with E-state index in [9.17, 15) is 4.79 Å². The van der Waals surface area contributed by atoms with E-state index < -0.39 is 5.97 Å². The van der Waals surface area contributed by atoms with Crippen molar-refractivity contribution in [2.45, 2.75) is 51.6 Å². The molecule has 0 amide bonds. The Morgan fingerprint density at radius 1 is 1.33 bits per heavy atom. The average Bonchev–Trinajstić information content (AvgIpc) is 2.52. The van der Waals surface area contributed by atoms with Gasteiger partial charge in [-0.15, -0.1) is 0 Å². The molecule has 0 aromatic heterocycles. The molecular formula is C18H25NO2. The number of benzene rings is 1. The molecule has 0 saturated heterocycles. The fourth-order valence-electron chi connectivity index (χ4n) is 3.14. The Morgan fingerprint density at radius 3 is 2.76 bits per heavy atom. The van der Waals surface area contributed by atoms with Crippen LogP contribution in [0.4, 0.5) is 0 Å². The van der Waals surface area contributed by atoms with E-state index in [4.69, 9.17) is 5.11 Å². The van der Waals surface area contributed by atoms with Gasteiger partial charge in [0.1, 0.15) is 0 Å². The lowest BCUT2D eigenvalue weighted by atomic mass is 9.94. The maximum Gasteiger partial charge on any atom is 0.328 e. The van der Waals surface area contributed by atoms with Crippen LogP contribution in [0.25, 0.3) is 6.08 Å². The predicted octanol–water partition coefficient (Wildman–Crippen LogP) is 3.94. The van der Waals surface area contributed by atoms with Crippen molar-refractivity contribution < 1.29 is 9.90 Å². The molecule has 0 heterocycles. The van der Waals surface area contributed by atoms with Crippen LogP contribution in [0.2, 0.25) is 0 Å². The van der Waals surface area contributed by atoms with Gasteiger partial charge in [0.2, 0.25) is 0 Å². The van der Waals surface area contributed by atoms with Crippen molar-refractivity contribution in [1.82, 2.24) is 4.90 Å². The molecule has 2 rings (SSSR count). The molecule has 0 aliphatic heterocycles. The van der Waals surface area contributed by atoms with Crippen molar-refractivity contribution in [1.29, 1.82) is 0 Å². The van der Waals surface area contributed by atoms with Crippen LogP contribution in [0.1, 0.15) is 50.2 Å². The molecule has 1 aromatic carbocycles. The highest BCUT2D eigenvalue weighted by molar-refractivity contribution is 5.85. The van der Waals surface area contributed by atoms with Crippen molar-refractivity contribution >= 4 is 12.0 Å². The minimum absolute atomic E-state index is 0.710. The summed E-state index contributed by atoms with van der Waals surface area (Å²) in [4.78, 5) is 13.1. The maximum absolute atomic E-state index is 10.6. The van der Waals surface area contributed by atoms with Crippen LogP contribution in [0.5, 0.6) is 0 Å². The van der Waals surface area contributed by atoms with Gasteiger partial charge in [-0.05, 0) is 36.6 Å². The second kappa shape index (κ2) is 7.99. The molecule has 1 saturated carbocycles. The molecule has 0 spiro atoms. The fraction of sp³-hybridized carbons (Fsp3) is 0.500. The normalized spacial score (nSPS) is 16.7. The zero-order chi connectivity index (χ0) is 15.1. The molecule has 1 aliphatic rings. The average molecular weight is 287 g/mol. The molecule has 3 nitrogen and oxygen atoms in total. The SMILES string of the molecule is CCN(Cc1cccc(C=CC(=O)O)c1)C1CCCCC1. The van der Waals surface area contributed by atoms with Gasteiger partial charge in [-0.2, -0.15) is 0 Å². The van der Waals surface area contributed by atoms with Gasteiger partial charge >= 0.3 is 5.97 Å². The second-order valence-corrected chi connectivity index (χ2v) is 5.77. The minimum Gasteiger partial charge on any atom is -0.478 e. The number of hydrogen-bond acceptors (Lipinski definition) is 2. The molecule has 1 N–H and O–H groups in total. The maximum atomic E-state index is 10.6. The van der Waals surface area contributed by atoms with Crippen LogP contribution in [0, 0.1) is 0 Å². The lowest BCUT2D eigenvalue weighted by Gasteiger charge is -2.33. The summed E-state index contributed by atoms with van der Waals surface area (Å²) < 4.78 is 0. The monoisotopic (exact) mass is 287 g/mol. The summed E-state index contributed by atoms with van der Waals surface area (Å²) >= 11 is 0. The number of hydrogen-bond donors (Lipinski definition) is 1. The zero-order valence-electron chi connectivity index (χ0n) is 12.8. The molecule has 3 heteroatoms. The van der Waals surface area contributed by atoms with Gasteiger partial charge in [-0.25, -0.2) is 4.79 Å². The Labute approximate surface area is 127 Å². The van der Waals surface area contributed by atoms with Crippen molar-refractivity contribution in [3.63, 3.8) is 0 Å². The summed E-state index contributed by atoms with van der Waals surface area (Å²) in [5.41, 5.74) is 2.21. The van der Waals surface area contributed by atoms with E-state index >= 15 is 0 Å². The quantitative estimate of drug-likeness (QED) is 0.806. The molecule has 0 atom stereocenters. The van der Waals surface area contributed by atoms with Crippen LogP contribution >= 0.6 is 0 Å². The van der Waals surface area contributed by atoms with E-state index in [2.05, 4.69) is 24.0 Å². The van der Waals surface area contributed by atoms with Crippen LogP contribution < -0.4 is 0 Å². The van der Waals surface area contributed by atoms with Gasteiger partial charge in [-0.3, -0.25) is 4.90 Å². The number of nitrogens with zero attached hydrogens (tertiary/aromatic N) is 1. The van der Waals surface area contributed by atoms with Crippen LogP contribution in [0.15, 0.2) is 30.3 Å². The smallest absolute Gasteiger partial charge is 0.328 e. The summed E-state index contributed by atoms with van der Waals surface area (Å²) in [7, 11) is 0. The van der Waals surface area contributed by atoms with Gasteiger partial charge in [0.05, 0.1) is 0 Å². The number of aliphatic carboxylic acids is 1. The summed E-state index contributed by atoms with van der Waals surface area (Å²) in [6.45, 7) is 4.25. The molecule has 0 radical (unpaired) electrons. The van der Waals surface area contributed by atoms with E-state index in [0.717, 1.165) is 18.7 Å². The Morgan fingerprint density at radius 2 is 2.10 bits per heavy atom. The van der Waals surface area contributed by atoms with Gasteiger partial charge in [0.15, 0.2) is 0 Å². The highest BCUT2D eigenvalue weighted by atomic mass is 16.4. The Balaban J connectivity index is 2.03. The lowest BCUT2D eigenvalue weighted by molar-refractivity contribution is -0.131. The van der Waals surface area contributed by atoms with Crippen molar-refractivity contribution in [2.24, 2.45) is 0 Å². The third kappa shape index (κ3) is 5.01. The van der Waals surface area contributed by atoms with E-state index in [-0.39, 0.29) is 0 Å². The molecular weight excluding hydrogens is 262 g/mol. The number of carbonyl (C=O) groups is 1. The van der Waals surface area contributed by atoms with Crippen LogP contribution in [-0.2, 0) is 11.3 Å². The minimum atomic E-state index is -0.905. The van der Waals surface area contributed by atoms with Gasteiger partial charge in [0, 0.05) is 18.7 Å². The Kier molecular flexibility index (Phi) is 6.00. The van der Waals surface area contributed by atoms with E-state index in [1.165, 1.54) is 43.7 Å². The largest absolute Gasteiger partial charge is 0.478 e. The van der Waals surface area contributed by atoms with E-state index in [1.54, 1.807) is 6.08 Å². The standard InChI is InChI=1S/C18H25NO2/c1-2-19(17-9-4-3-5-10-17)14-16-8-6-7-15(13-16)11-12-18(20)21/h6-8,11-13,17H,2-5,9-10,14H2,1H3,(H,20,21). The molecule has 0 unspecified atom stereocenters. The fourth-order valence-corrected chi connectivity index (χ4v) is 3.14.